The monoisotopic (exact) mass is 232 g/mol. The molecule has 0 unspecified atom stereocenters. The van der Waals surface area contributed by atoms with Crippen molar-refractivity contribution in [3.8, 4) is 0 Å². The van der Waals surface area contributed by atoms with Gasteiger partial charge in [-0.25, -0.2) is 0 Å². The van der Waals surface area contributed by atoms with Crippen LogP contribution in [-0.4, -0.2) is 27.9 Å². The average molecular weight is 232 g/mol. The van der Waals surface area contributed by atoms with E-state index < -0.39 is 18.3 Å². The molecule has 0 aliphatic heterocycles. The molecule has 0 atom stereocenters. The van der Waals surface area contributed by atoms with Gasteiger partial charge in [-0.05, 0) is 0 Å². The summed E-state index contributed by atoms with van der Waals surface area (Å²) in [5.74, 6) is 0. The van der Waals surface area contributed by atoms with Gasteiger partial charge < -0.3 is 23.6 Å². The molecular weight excluding hydrogens is 230 g/mol. The second kappa shape index (κ2) is 17.6. The molecule has 6 nitrogen and oxygen atoms in total. The van der Waals surface area contributed by atoms with Crippen molar-refractivity contribution in [2.45, 2.75) is 0 Å². The molecule has 10 heteroatoms. The zero-order chi connectivity index (χ0) is 7.15. The van der Waals surface area contributed by atoms with Gasteiger partial charge in [-0.15, -0.1) is 0 Å². The van der Waals surface area contributed by atoms with Crippen molar-refractivity contribution in [2.24, 2.45) is 0 Å². The third kappa shape index (κ3) is 151. The molecule has 10 heavy (non-hydrogen) atoms. The van der Waals surface area contributed by atoms with E-state index in [1.807, 2.05) is 0 Å². The standard InChI is InChI=1S/2K.H2O3Si.O3Si/c;;2*1-4(2)3/h;;1-2H;/q2*+1;;-2. The van der Waals surface area contributed by atoms with Crippen molar-refractivity contribution >= 4 is 18.3 Å². The maximum atomic E-state index is 8.74. The Balaban J connectivity index is -0.0000000300. The van der Waals surface area contributed by atoms with E-state index >= 15 is 0 Å². The Morgan fingerprint density at radius 2 is 1.00 bits per heavy atom. The molecule has 0 aliphatic rings. The summed E-state index contributed by atoms with van der Waals surface area (Å²) in [6.07, 6.45) is 0. The van der Waals surface area contributed by atoms with Gasteiger partial charge in [-0.2, -0.15) is 0 Å². The van der Waals surface area contributed by atoms with Crippen molar-refractivity contribution < 1.29 is 131 Å². The minimum Gasteiger partial charge on any atom is -0.672 e. The first-order chi connectivity index (χ1) is 3.46. The third-order valence-electron chi connectivity index (χ3n) is 0. The number of hydrogen-bond donors (Lipinski definition) is 2. The van der Waals surface area contributed by atoms with Crippen LogP contribution in [0.25, 0.3) is 0 Å². The van der Waals surface area contributed by atoms with Crippen LogP contribution in [0, 0.1) is 0 Å². The summed E-state index contributed by atoms with van der Waals surface area (Å²) in [5.41, 5.74) is 0. The first kappa shape index (κ1) is 22.9. The van der Waals surface area contributed by atoms with E-state index in [-0.39, 0.29) is 103 Å². The Labute approximate surface area is 145 Å². The fraction of sp³-hybridized carbons (Fsp3) is 0. The minimum atomic E-state index is -3.63. The molecule has 0 saturated carbocycles. The second-order valence-corrected chi connectivity index (χ2v) is 1.60. The van der Waals surface area contributed by atoms with Crippen LogP contribution in [0.4, 0.5) is 0 Å². The van der Waals surface area contributed by atoms with E-state index in [9.17, 15) is 0 Å². The smallest absolute Gasteiger partial charge is 0.672 e. The number of rotatable bonds is 0. The largest absolute Gasteiger partial charge is 1.00 e. The molecule has 0 bridgehead atoms. The summed E-state index contributed by atoms with van der Waals surface area (Å²) in [7, 11) is -6.76. The number of hydrogen-bond acceptors (Lipinski definition) is 4. The fourth-order valence-electron chi connectivity index (χ4n) is 0. The summed E-state index contributed by atoms with van der Waals surface area (Å²) < 4.78 is 17.3. The summed E-state index contributed by atoms with van der Waals surface area (Å²) in [6, 6.07) is 0. The SMILES string of the molecule is O=[Si](O)O.O=[Si]([O-])[O-].[K+].[K+]. The molecule has 0 heterocycles. The molecule has 48 valence electrons. The van der Waals surface area contributed by atoms with Gasteiger partial charge in [0.05, 0.1) is 0 Å². The molecule has 0 spiro atoms. The predicted octanol–water partition coefficient (Wildman–Crippen LogP) is -10.5. The molecule has 0 aliphatic carbocycles. The van der Waals surface area contributed by atoms with Crippen LogP contribution in [0.2, 0.25) is 0 Å². The van der Waals surface area contributed by atoms with Crippen molar-refractivity contribution in [1.29, 1.82) is 0 Å². The van der Waals surface area contributed by atoms with E-state index in [2.05, 4.69) is 0 Å². The van der Waals surface area contributed by atoms with E-state index in [1.165, 1.54) is 0 Å². The summed E-state index contributed by atoms with van der Waals surface area (Å²) >= 11 is 0. The Morgan fingerprint density at radius 1 is 1.00 bits per heavy atom. The molecule has 0 rings (SSSR count). The molecule has 0 aromatic heterocycles. The first-order valence-electron chi connectivity index (χ1n) is 1.26. The molecule has 0 saturated heterocycles. The molecule has 0 radical (unpaired) electrons. The first-order valence-corrected chi connectivity index (χ1v) is 3.79. The molecule has 2 N–H and O–H groups in total. The van der Waals surface area contributed by atoms with E-state index in [0.717, 1.165) is 0 Å². The predicted molar refractivity (Wildman–Crippen MR) is 17.3 cm³/mol. The van der Waals surface area contributed by atoms with Crippen molar-refractivity contribution in [2.75, 3.05) is 0 Å². The van der Waals surface area contributed by atoms with Gasteiger partial charge in [0.2, 0.25) is 0 Å². The fourth-order valence-corrected chi connectivity index (χ4v) is 0. The van der Waals surface area contributed by atoms with E-state index in [0.29, 0.717) is 0 Å². The summed E-state index contributed by atoms with van der Waals surface area (Å²) in [5, 5.41) is 0. The van der Waals surface area contributed by atoms with Gasteiger partial charge >= 0.3 is 112 Å². The maximum Gasteiger partial charge on any atom is 1.00 e. The minimum absolute atomic E-state index is 0. The van der Waals surface area contributed by atoms with Crippen LogP contribution in [0.15, 0.2) is 0 Å². The van der Waals surface area contributed by atoms with Gasteiger partial charge in [-0.3, -0.25) is 4.46 Å². The summed E-state index contributed by atoms with van der Waals surface area (Å²) in [6.45, 7) is 0. The molecule has 0 aromatic carbocycles. The van der Waals surface area contributed by atoms with Gasteiger partial charge in [0, 0.05) is 9.17 Å². The Hall–Kier alpha value is 2.51. The van der Waals surface area contributed by atoms with Crippen LogP contribution in [0.5, 0.6) is 0 Å². The van der Waals surface area contributed by atoms with Crippen molar-refractivity contribution in [3.05, 3.63) is 0 Å². The van der Waals surface area contributed by atoms with Crippen molar-refractivity contribution in [3.63, 3.8) is 0 Å². The van der Waals surface area contributed by atoms with Crippen LogP contribution < -0.4 is 112 Å². The van der Waals surface area contributed by atoms with Crippen LogP contribution in [-0.2, 0) is 8.92 Å². The zero-order valence-corrected chi connectivity index (χ0v) is 13.8. The molecular formula is H2K2O6Si2. The Kier molecular flexibility index (Phi) is 40.2. The van der Waals surface area contributed by atoms with Gasteiger partial charge in [0.25, 0.3) is 0 Å². The average Bonchev–Trinajstić information content (AvgIpc) is 1.25. The molecule has 0 fully saturated rings. The molecule has 0 amide bonds. The second-order valence-electron chi connectivity index (χ2n) is 0.533. The zero-order valence-electron chi connectivity index (χ0n) is 5.53. The van der Waals surface area contributed by atoms with Crippen LogP contribution in [0.3, 0.4) is 0 Å². The van der Waals surface area contributed by atoms with E-state index in [4.69, 9.17) is 28.1 Å². The van der Waals surface area contributed by atoms with E-state index in [1.54, 1.807) is 0 Å². The van der Waals surface area contributed by atoms with Crippen molar-refractivity contribution in [1.82, 2.24) is 0 Å². The van der Waals surface area contributed by atoms with Gasteiger partial charge in [0.15, 0.2) is 0 Å². The van der Waals surface area contributed by atoms with Gasteiger partial charge in [-0.1, -0.05) is 0 Å². The topological polar surface area (TPSA) is 121 Å². The normalized spacial score (nSPS) is 4.80. The van der Waals surface area contributed by atoms with Crippen LogP contribution in [0.1, 0.15) is 0 Å². The Morgan fingerprint density at radius 3 is 1.00 bits per heavy atom. The third-order valence-corrected chi connectivity index (χ3v) is 0. The quantitative estimate of drug-likeness (QED) is 0.400. The van der Waals surface area contributed by atoms with Crippen LogP contribution >= 0.6 is 0 Å². The maximum absolute atomic E-state index is 8.74. The van der Waals surface area contributed by atoms with Gasteiger partial charge in [0.1, 0.15) is 0 Å². The Bertz CT molecular complexity index is 71.7. The summed E-state index contributed by atoms with van der Waals surface area (Å²) in [4.78, 5) is 31.4. The molecule has 0 aromatic rings.